The van der Waals surface area contributed by atoms with Crippen LogP contribution in [0, 0.1) is 0 Å². The monoisotopic (exact) mass is 381 g/mol. The van der Waals surface area contributed by atoms with Gasteiger partial charge in [-0.05, 0) is 50.6 Å². The first-order valence-corrected chi connectivity index (χ1v) is 10.2. The Kier molecular flexibility index (Phi) is 6.81. The largest absolute Gasteiger partial charge is 0.389 e. The standard InChI is InChI=1S/C20H32ClN3O2/c1-2-20(26)7-10-23(16-19(20)25)9-4-8-22-11-13-24(14-12-22)18-6-3-5-17(21)15-18/h3,5-6,15,19,25-26H,2,4,7-14,16H2,1H3/t19-,20-/m1/s1. The molecular weight excluding hydrogens is 350 g/mol. The second kappa shape index (κ2) is 8.89. The van der Waals surface area contributed by atoms with Crippen LogP contribution in [-0.4, -0.2) is 84.1 Å². The van der Waals surface area contributed by atoms with Gasteiger partial charge < -0.3 is 20.0 Å². The quantitative estimate of drug-likeness (QED) is 0.790. The summed E-state index contributed by atoms with van der Waals surface area (Å²) in [4.78, 5) is 7.20. The number of β-amino-alcohol motifs (C(OH)–C–C–N with tert-alkyl or cyclic N) is 1. The zero-order chi connectivity index (χ0) is 18.6. The number of anilines is 1. The Balaban J connectivity index is 1.36. The number of aliphatic hydroxyl groups is 2. The highest BCUT2D eigenvalue weighted by molar-refractivity contribution is 6.30. The number of benzene rings is 1. The third-order valence-electron chi connectivity index (χ3n) is 6.02. The summed E-state index contributed by atoms with van der Waals surface area (Å²) in [6, 6.07) is 8.09. The fraction of sp³-hybridized carbons (Fsp3) is 0.700. The predicted octanol–water partition coefficient (Wildman–Crippen LogP) is 2.06. The highest BCUT2D eigenvalue weighted by atomic mass is 35.5. The number of halogens is 1. The topological polar surface area (TPSA) is 50.2 Å². The molecule has 5 nitrogen and oxygen atoms in total. The summed E-state index contributed by atoms with van der Waals surface area (Å²) in [5, 5.41) is 21.3. The second-order valence-corrected chi connectivity index (χ2v) is 8.12. The fourth-order valence-corrected chi connectivity index (χ4v) is 4.24. The van der Waals surface area contributed by atoms with Gasteiger partial charge in [-0.15, -0.1) is 0 Å². The fourth-order valence-electron chi connectivity index (χ4n) is 4.06. The summed E-state index contributed by atoms with van der Waals surface area (Å²) in [6.45, 7) is 9.71. The van der Waals surface area contributed by atoms with E-state index in [4.69, 9.17) is 11.6 Å². The van der Waals surface area contributed by atoms with Gasteiger partial charge in [0, 0.05) is 50.0 Å². The van der Waals surface area contributed by atoms with Crippen LogP contribution >= 0.6 is 11.6 Å². The predicted molar refractivity (Wildman–Crippen MR) is 107 cm³/mol. The summed E-state index contributed by atoms with van der Waals surface area (Å²) in [5.74, 6) is 0. The van der Waals surface area contributed by atoms with Gasteiger partial charge in [0.1, 0.15) is 0 Å². The van der Waals surface area contributed by atoms with E-state index < -0.39 is 11.7 Å². The van der Waals surface area contributed by atoms with E-state index in [-0.39, 0.29) is 0 Å². The SMILES string of the molecule is CC[C@@]1(O)CCN(CCCN2CCN(c3cccc(Cl)c3)CC2)C[C@H]1O. The number of likely N-dealkylation sites (tertiary alicyclic amines) is 1. The molecule has 2 saturated heterocycles. The third-order valence-corrected chi connectivity index (χ3v) is 6.25. The molecule has 2 fully saturated rings. The number of rotatable bonds is 6. The van der Waals surface area contributed by atoms with E-state index in [0.29, 0.717) is 19.4 Å². The van der Waals surface area contributed by atoms with Crippen LogP contribution in [-0.2, 0) is 0 Å². The molecule has 0 unspecified atom stereocenters. The minimum absolute atomic E-state index is 0.590. The zero-order valence-electron chi connectivity index (χ0n) is 15.8. The van der Waals surface area contributed by atoms with Crippen molar-refractivity contribution in [2.24, 2.45) is 0 Å². The zero-order valence-corrected chi connectivity index (χ0v) is 16.5. The Morgan fingerprint density at radius 1 is 1.12 bits per heavy atom. The van der Waals surface area contributed by atoms with Crippen molar-refractivity contribution in [3.8, 4) is 0 Å². The molecule has 2 atom stereocenters. The molecular formula is C20H32ClN3O2. The van der Waals surface area contributed by atoms with Gasteiger partial charge >= 0.3 is 0 Å². The lowest BCUT2D eigenvalue weighted by Gasteiger charge is -2.42. The van der Waals surface area contributed by atoms with Crippen molar-refractivity contribution in [3.05, 3.63) is 29.3 Å². The molecule has 3 rings (SSSR count). The van der Waals surface area contributed by atoms with E-state index in [2.05, 4.69) is 20.8 Å². The molecule has 2 aliphatic heterocycles. The molecule has 0 radical (unpaired) electrons. The lowest BCUT2D eigenvalue weighted by molar-refractivity contribution is -0.120. The minimum Gasteiger partial charge on any atom is -0.389 e. The first kappa shape index (κ1) is 19.9. The van der Waals surface area contributed by atoms with Crippen molar-refractivity contribution >= 4 is 17.3 Å². The molecule has 2 heterocycles. The van der Waals surface area contributed by atoms with Crippen LogP contribution in [0.15, 0.2) is 24.3 Å². The van der Waals surface area contributed by atoms with Crippen LogP contribution in [0.5, 0.6) is 0 Å². The average Bonchev–Trinajstić information content (AvgIpc) is 2.65. The van der Waals surface area contributed by atoms with E-state index in [0.717, 1.165) is 57.3 Å². The molecule has 0 saturated carbocycles. The molecule has 0 spiro atoms. The molecule has 0 amide bonds. The summed E-state index contributed by atoms with van der Waals surface area (Å²) < 4.78 is 0. The Morgan fingerprint density at radius 3 is 2.50 bits per heavy atom. The van der Waals surface area contributed by atoms with E-state index in [9.17, 15) is 10.2 Å². The van der Waals surface area contributed by atoms with Gasteiger partial charge in [0.25, 0.3) is 0 Å². The Labute approximate surface area is 162 Å². The Morgan fingerprint density at radius 2 is 1.85 bits per heavy atom. The van der Waals surface area contributed by atoms with Crippen LogP contribution in [0.4, 0.5) is 5.69 Å². The van der Waals surface area contributed by atoms with Crippen molar-refractivity contribution in [2.75, 3.05) is 57.3 Å². The molecule has 26 heavy (non-hydrogen) atoms. The molecule has 0 bridgehead atoms. The average molecular weight is 382 g/mol. The van der Waals surface area contributed by atoms with Crippen LogP contribution in [0.1, 0.15) is 26.2 Å². The lowest BCUT2D eigenvalue weighted by Crippen LogP contribution is -2.55. The van der Waals surface area contributed by atoms with Crippen molar-refractivity contribution in [3.63, 3.8) is 0 Å². The summed E-state index contributed by atoms with van der Waals surface area (Å²) in [7, 11) is 0. The van der Waals surface area contributed by atoms with Crippen LogP contribution in [0.25, 0.3) is 0 Å². The second-order valence-electron chi connectivity index (χ2n) is 7.69. The minimum atomic E-state index is -0.882. The van der Waals surface area contributed by atoms with Crippen molar-refractivity contribution in [1.82, 2.24) is 9.80 Å². The Hall–Kier alpha value is -0.850. The van der Waals surface area contributed by atoms with E-state index in [1.54, 1.807) is 0 Å². The summed E-state index contributed by atoms with van der Waals surface area (Å²) in [5.41, 5.74) is 0.329. The van der Waals surface area contributed by atoms with Crippen LogP contribution < -0.4 is 4.90 Å². The van der Waals surface area contributed by atoms with Gasteiger partial charge in [-0.3, -0.25) is 4.90 Å². The number of aliphatic hydroxyl groups excluding tert-OH is 1. The number of piperidine rings is 1. The van der Waals surface area contributed by atoms with Crippen molar-refractivity contribution in [1.29, 1.82) is 0 Å². The normalized spacial score (nSPS) is 28.5. The molecule has 1 aromatic rings. The first-order valence-electron chi connectivity index (χ1n) is 9.86. The molecule has 2 N–H and O–H groups in total. The van der Waals surface area contributed by atoms with Gasteiger partial charge in [-0.1, -0.05) is 24.6 Å². The number of piperazine rings is 1. The summed E-state index contributed by atoms with van der Waals surface area (Å²) >= 11 is 6.10. The van der Waals surface area contributed by atoms with E-state index in [1.807, 2.05) is 25.1 Å². The van der Waals surface area contributed by atoms with E-state index in [1.165, 1.54) is 5.69 Å². The molecule has 2 aliphatic rings. The Bertz CT molecular complexity index is 580. The van der Waals surface area contributed by atoms with Gasteiger partial charge in [0.2, 0.25) is 0 Å². The van der Waals surface area contributed by atoms with Gasteiger partial charge in [-0.2, -0.15) is 0 Å². The third kappa shape index (κ3) is 4.90. The van der Waals surface area contributed by atoms with Gasteiger partial charge in [0.05, 0.1) is 11.7 Å². The highest BCUT2D eigenvalue weighted by Gasteiger charge is 2.38. The lowest BCUT2D eigenvalue weighted by atomic mass is 9.86. The van der Waals surface area contributed by atoms with Crippen LogP contribution in [0.2, 0.25) is 5.02 Å². The van der Waals surface area contributed by atoms with Gasteiger partial charge in [-0.25, -0.2) is 0 Å². The maximum Gasteiger partial charge on any atom is 0.0953 e. The van der Waals surface area contributed by atoms with E-state index >= 15 is 0 Å². The molecule has 0 aromatic heterocycles. The number of hydrogen-bond donors (Lipinski definition) is 2. The first-order chi connectivity index (χ1) is 12.5. The number of nitrogens with zero attached hydrogens (tertiary/aromatic N) is 3. The van der Waals surface area contributed by atoms with Crippen LogP contribution in [0.3, 0.4) is 0 Å². The van der Waals surface area contributed by atoms with Crippen molar-refractivity contribution in [2.45, 2.75) is 37.9 Å². The molecule has 0 aliphatic carbocycles. The number of hydrogen-bond acceptors (Lipinski definition) is 5. The van der Waals surface area contributed by atoms with Gasteiger partial charge in [0.15, 0.2) is 0 Å². The molecule has 6 heteroatoms. The maximum atomic E-state index is 10.3. The molecule has 1 aromatic carbocycles. The van der Waals surface area contributed by atoms with Crippen molar-refractivity contribution < 1.29 is 10.2 Å². The molecule has 146 valence electrons. The maximum absolute atomic E-state index is 10.3. The smallest absolute Gasteiger partial charge is 0.0953 e. The highest BCUT2D eigenvalue weighted by Crippen LogP contribution is 2.26. The summed E-state index contributed by atoms with van der Waals surface area (Å²) in [6.07, 6.45) is 1.78.